The minimum absolute atomic E-state index is 0.0955. The summed E-state index contributed by atoms with van der Waals surface area (Å²) in [5, 5.41) is 23.9. The van der Waals surface area contributed by atoms with E-state index in [4.69, 9.17) is 5.73 Å². The van der Waals surface area contributed by atoms with Crippen LogP contribution in [0.4, 0.5) is 5.95 Å². The quantitative estimate of drug-likeness (QED) is 0.786. The van der Waals surface area contributed by atoms with E-state index < -0.39 is 0 Å². The number of nitrogen functional groups attached to an aromatic ring is 1. The summed E-state index contributed by atoms with van der Waals surface area (Å²) in [5.74, 6) is 0.224. The summed E-state index contributed by atoms with van der Waals surface area (Å²) >= 11 is 6.43. The molecule has 2 aromatic rings. The first-order valence-corrected chi connectivity index (χ1v) is 5.93. The summed E-state index contributed by atoms with van der Waals surface area (Å²) in [6.07, 6.45) is 1.52. The van der Waals surface area contributed by atoms with Gasteiger partial charge in [0.15, 0.2) is 0 Å². The van der Waals surface area contributed by atoms with E-state index in [1.54, 1.807) is 12.1 Å². The van der Waals surface area contributed by atoms with Crippen LogP contribution in [0.15, 0.2) is 26.2 Å². The Morgan fingerprint density at radius 3 is 2.53 bits per heavy atom. The van der Waals surface area contributed by atoms with Crippen molar-refractivity contribution in [3.8, 4) is 5.75 Å². The molecule has 0 aliphatic heterocycles. The summed E-state index contributed by atoms with van der Waals surface area (Å²) in [7, 11) is 0. The molecule has 88 valence electrons. The van der Waals surface area contributed by atoms with Gasteiger partial charge in [0.2, 0.25) is 0 Å². The highest BCUT2D eigenvalue weighted by Gasteiger charge is 2.05. The molecule has 0 saturated heterocycles. The molecule has 9 heteroatoms. The number of hydrogen-bond donors (Lipinski definition) is 2. The maximum Gasteiger partial charge on any atom is 0.263 e. The molecule has 0 fully saturated rings. The maximum atomic E-state index is 9.53. The Hall–Kier alpha value is -1.48. The highest BCUT2D eigenvalue weighted by molar-refractivity contribution is 9.11. The zero-order chi connectivity index (χ0) is 12.4. The average molecular weight is 362 g/mol. The van der Waals surface area contributed by atoms with Gasteiger partial charge in [-0.1, -0.05) is 9.89 Å². The molecule has 0 saturated carbocycles. The van der Waals surface area contributed by atoms with Crippen LogP contribution in [0.25, 0.3) is 0 Å². The van der Waals surface area contributed by atoms with Crippen molar-refractivity contribution < 1.29 is 5.11 Å². The van der Waals surface area contributed by atoms with Crippen LogP contribution < -0.4 is 5.73 Å². The summed E-state index contributed by atoms with van der Waals surface area (Å²) < 4.78 is 1.11. The third kappa shape index (κ3) is 2.61. The van der Waals surface area contributed by atoms with E-state index >= 15 is 0 Å². The number of hydrogen-bond acceptors (Lipinski definition) is 6. The van der Waals surface area contributed by atoms with Crippen molar-refractivity contribution in [2.75, 3.05) is 5.73 Å². The predicted octanol–water partition coefficient (Wildman–Crippen LogP) is 1.37. The molecule has 1 heterocycles. The molecule has 7 nitrogen and oxygen atoms in total. The van der Waals surface area contributed by atoms with Crippen molar-refractivity contribution in [3.05, 3.63) is 26.6 Å². The molecule has 0 atom stereocenters. The first-order chi connectivity index (χ1) is 8.08. The molecule has 1 aromatic heterocycles. The molecule has 0 aliphatic rings. The lowest BCUT2D eigenvalue weighted by Gasteiger charge is -2.01. The van der Waals surface area contributed by atoms with Crippen molar-refractivity contribution in [2.45, 2.75) is 0 Å². The second kappa shape index (κ2) is 4.80. The van der Waals surface area contributed by atoms with E-state index in [0.717, 1.165) is 10.4 Å². The summed E-state index contributed by atoms with van der Waals surface area (Å²) in [4.78, 5) is 1.09. The van der Waals surface area contributed by atoms with E-state index in [9.17, 15) is 5.11 Å². The topological polar surface area (TPSA) is 102 Å². The Bertz CT molecular complexity index is 558. The zero-order valence-electron chi connectivity index (χ0n) is 8.25. The van der Waals surface area contributed by atoms with Crippen LogP contribution in [0.1, 0.15) is 5.56 Å². The van der Waals surface area contributed by atoms with Crippen LogP contribution in [-0.2, 0) is 0 Å². The second-order valence-electron chi connectivity index (χ2n) is 3.00. The lowest BCUT2D eigenvalue weighted by Crippen LogP contribution is -1.99. The number of tetrazole rings is 1. The number of nitrogens with zero attached hydrogens (tertiary/aromatic N) is 5. The molecule has 3 N–H and O–H groups in total. The van der Waals surface area contributed by atoms with Crippen molar-refractivity contribution in [2.24, 2.45) is 5.10 Å². The van der Waals surface area contributed by atoms with E-state index in [1.165, 1.54) is 6.21 Å². The number of rotatable bonds is 2. The molecule has 0 bridgehead atoms. The van der Waals surface area contributed by atoms with Gasteiger partial charge in [0.25, 0.3) is 5.95 Å². The molecular formula is C8H6Br2N6O. The number of aromatic nitrogens is 4. The normalized spacial score (nSPS) is 11.2. The van der Waals surface area contributed by atoms with Crippen LogP contribution in [0.3, 0.4) is 0 Å². The second-order valence-corrected chi connectivity index (χ2v) is 4.71. The van der Waals surface area contributed by atoms with Gasteiger partial charge in [0.1, 0.15) is 5.75 Å². The predicted molar refractivity (Wildman–Crippen MR) is 68.7 cm³/mol. The van der Waals surface area contributed by atoms with Gasteiger partial charge in [-0.05, 0) is 60.0 Å². The van der Waals surface area contributed by atoms with Crippen molar-refractivity contribution in [1.82, 2.24) is 20.3 Å². The Kier molecular flexibility index (Phi) is 3.38. The molecule has 2 rings (SSSR count). The van der Waals surface area contributed by atoms with E-state index in [1.807, 2.05) is 0 Å². The lowest BCUT2D eigenvalue weighted by molar-refractivity contribution is 0.468. The van der Waals surface area contributed by atoms with Crippen LogP contribution in [0.2, 0.25) is 0 Å². The van der Waals surface area contributed by atoms with E-state index in [0.29, 0.717) is 8.95 Å². The molecule has 17 heavy (non-hydrogen) atoms. The van der Waals surface area contributed by atoms with E-state index in [2.05, 4.69) is 52.5 Å². The van der Waals surface area contributed by atoms with E-state index in [-0.39, 0.29) is 11.7 Å². The number of benzene rings is 1. The number of phenols is 1. The zero-order valence-corrected chi connectivity index (χ0v) is 11.4. The lowest BCUT2D eigenvalue weighted by atomic mass is 10.2. The Morgan fingerprint density at radius 1 is 1.35 bits per heavy atom. The molecule has 0 aliphatic carbocycles. The molecule has 0 spiro atoms. The SMILES string of the molecule is Nc1nnnn1/N=C/c1cc(Br)c(O)c(Br)c1. The third-order valence-electron chi connectivity index (χ3n) is 1.83. The maximum absolute atomic E-state index is 9.53. The Labute approximate surface area is 113 Å². The number of halogens is 2. The highest BCUT2D eigenvalue weighted by Crippen LogP contribution is 2.32. The number of nitrogens with two attached hydrogens (primary N) is 1. The minimum atomic E-state index is 0.0955. The summed E-state index contributed by atoms with van der Waals surface area (Å²) in [5.41, 5.74) is 6.19. The molecule has 0 amide bonds. The van der Waals surface area contributed by atoms with Gasteiger partial charge in [0.05, 0.1) is 15.2 Å². The fraction of sp³-hybridized carbons (Fsp3) is 0. The van der Waals surface area contributed by atoms with Crippen molar-refractivity contribution in [3.63, 3.8) is 0 Å². The first kappa shape index (κ1) is 12.0. The van der Waals surface area contributed by atoms with Gasteiger partial charge in [-0.15, -0.1) is 0 Å². The van der Waals surface area contributed by atoms with Gasteiger partial charge in [-0.3, -0.25) is 0 Å². The number of phenolic OH excluding ortho intramolecular Hbond substituents is 1. The van der Waals surface area contributed by atoms with Gasteiger partial charge in [-0.25, -0.2) is 0 Å². The fourth-order valence-electron chi connectivity index (χ4n) is 1.05. The van der Waals surface area contributed by atoms with Gasteiger partial charge < -0.3 is 10.8 Å². The van der Waals surface area contributed by atoms with Crippen molar-refractivity contribution in [1.29, 1.82) is 0 Å². The first-order valence-electron chi connectivity index (χ1n) is 4.34. The average Bonchev–Trinajstić information content (AvgIpc) is 2.69. The van der Waals surface area contributed by atoms with Gasteiger partial charge >= 0.3 is 0 Å². The van der Waals surface area contributed by atoms with Crippen LogP contribution in [-0.4, -0.2) is 31.6 Å². The smallest absolute Gasteiger partial charge is 0.263 e. The molecule has 0 unspecified atom stereocenters. The molecular weight excluding hydrogens is 356 g/mol. The largest absolute Gasteiger partial charge is 0.506 e. The van der Waals surface area contributed by atoms with Crippen LogP contribution >= 0.6 is 31.9 Å². The van der Waals surface area contributed by atoms with Gasteiger partial charge in [0, 0.05) is 0 Å². The fourth-order valence-corrected chi connectivity index (χ4v) is 2.27. The summed E-state index contributed by atoms with van der Waals surface area (Å²) in [6.45, 7) is 0. The van der Waals surface area contributed by atoms with Crippen LogP contribution in [0.5, 0.6) is 5.75 Å². The summed E-state index contributed by atoms with van der Waals surface area (Å²) in [6, 6.07) is 3.40. The Morgan fingerprint density at radius 2 is 2.00 bits per heavy atom. The highest BCUT2D eigenvalue weighted by atomic mass is 79.9. The van der Waals surface area contributed by atoms with Crippen LogP contribution in [0, 0.1) is 0 Å². The number of anilines is 1. The van der Waals surface area contributed by atoms with Crippen molar-refractivity contribution >= 4 is 44.0 Å². The monoisotopic (exact) mass is 360 g/mol. The molecule has 1 aromatic carbocycles. The minimum Gasteiger partial charge on any atom is -0.506 e. The Balaban J connectivity index is 2.31. The standard InChI is InChI=1S/C8H6Br2N6O/c9-5-1-4(2-6(10)7(5)17)3-12-16-8(11)13-14-15-16/h1-3,17H,(H2,11,13,15)/b12-3+. The number of aromatic hydroxyl groups is 1. The third-order valence-corrected chi connectivity index (χ3v) is 3.04. The molecule has 0 radical (unpaired) electrons. The van der Waals surface area contributed by atoms with Gasteiger partial charge in [-0.2, -0.15) is 5.10 Å².